The van der Waals surface area contributed by atoms with E-state index in [0.29, 0.717) is 6.61 Å². The van der Waals surface area contributed by atoms with Gasteiger partial charge in [0.05, 0.1) is 18.7 Å². The van der Waals surface area contributed by atoms with Gasteiger partial charge in [-0.25, -0.2) is 0 Å². The molecule has 6 atom stereocenters. The van der Waals surface area contributed by atoms with E-state index in [1.807, 2.05) is 30.3 Å². The predicted octanol–water partition coefficient (Wildman–Crippen LogP) is 0.127. The number of fused-ring (bicyclic) bond motifs is 1. The molecule has 2 fully saturated rings. The third kappa shape index (κ3) is 2.46. The van der Waals surface area contributed by atoms with Gasteiger partial charge in [0.2, 0.25) is 0 Å². The van der Waals surface area contributed by atoms with Gasteiger partial charge in [-0.2, -0.15) is 0 Å². The zero-order chi connectivity index (χ0) is 14.1. The number of ether oxygens (including phenoxy) is 4. The van der Waals surface area contributed by atoms with Crippen LogP contribution < -0.4 is 11.5 Å². The Morgan fingerprint density at radius 3 is 2.55 bits per heavy atom. The lowest BCUT2D eigenvalue weighted by Gasteiger charge is -2.47. The number of hydrogen-bond donors (Lipinski definition) is 2. The Morgan fingerprint density at radius 2 is 1.85 bits per heavy atom. The molecule has 0 spiro atoms. The molecule has 2 saturated heterocycles. The third-order valence-electron chi connectivity index (χ3n) is 3.81. The van der Waals surface area contributed by atoms with Crippen LogP contribution in [0.15, 0.2) is 30.3 Å². The van der Waals surface area contributed by atoms with Crippen LogP contribution in [0.1, 0.15) is 11.9 Å². The molecule has 20 heavy (non-hydrogen) atoms. The third-order valence-corrected chi connectivity index (χ3v) is 3.81. The van der Waals surface area contributed by atoms with Gasteiger partial charge in [0.25, 0.3) is 0 Å². The number of hydrogen-bond acceptors (Lipinski definition) is 6. The number of rotatable bonds is 2. The fourth-order valence-corrected chi connectivity index (χ4v) is 2.66. The number of methoxy groups -OCH3 is 1. The Hall–Kier alpha value is -1.02. The molecule has 4 N–H and O–H groups in total. The van der Waals surface area contributed by atoms with Crippen LogP contribution in [0, 0.1) is 0 Å². The summed E-state index contributed by atoms with van der Waals surface area (Å²) in [5, 5.41) is 0. The van der Waals surface area contributed by atoms with E-state index in [2.05, 4.69) is 0 Å². The molecule has 2 aliphatic rings. The average Bonchev–Trinajstić information content (AvgIpc) is 2.51. The van der Waals surface area contributed by atoms with Crippen LogP contribution in [0.2, 0.25) is 0 Å². The minimum absolute atomic E-state index is 0.255. The number of benzene rings is 1. The summed E-state index contributed by atoms with van der Waals surface area (Å²) in [6.07, 6.45) is -1.50. The molecule has 3 rings (SSSR count). The molecule has 6 nitrogen and oxygen atoms in total. The molecular weight excluding hydrogens is 260 g/mol. The molecule has 0 aliphatic carbocycles. The first-order valence-corrected chi connectivity index (χ1v) is 6.72. The zero-order valence-electron chi connectivity index (χ0n) is 11.3. The predicted molar refractivity (Wildman–Crippen MR) is 71.6 cm³/mol. The van der Waals surface area contributed by atoms with Gasteiger partial charge >= 0.3 is 0 Å². The summed E-state index contributed by atoms with van der Waals surface area (Å²) in [5.41, 5.74) is 13.2. The van der Waals surface area contributed by atoms with Gasteiger partial charge in [-0.1, -0.05) is 30.3 Å². The highest BCUT2D eigenvalue weighted by molar-refractivity contribution is 5.16. The highest BCUT2D eigenvalue weighted by Crippen LogP contribution is 2.32. The van der Waals surface area contributed by atoms with E-state index < -0.39 is 18.6 Å². The van der Waals surface area contributed by atoms with Crippen LogP contribution in [0.25, 0.3) is 0 Å². The Kier molecular flexibility index (Phi) is 4.02. The molecular formula is C14H20N2O4. The zero-order valence-corrected chi connectivity index (χ0v) is 11.3. The van der Waals surface area contributed by atoms with E-state index in [9.17, 15) is 0 Å². The first kappa shape index (κ1) is 13.9. The largest absolute Gasteiger partial charge is 0.354 e. The molecule has 0 amide bonds. The van der Waals surface area contributed by atoms with Gasteiger partial charge < -0.3 is 30.4 Å². The van der Waals surface area contributed by atoms with Crippen LogP contribution in [0.3, 0.4) is 0 Å². The summed E-state index contributed by atoms with van der Waals surface area (Å²) in [5.74, 6) is 0. The molecule has 1 unspecified atom stereocenters. The summed E-state index contributed by atoms with van der Waals surface area (Å²) in [4.78, 5) is 0. The first-order chi connectivity index (χ1) is 9.70. The van der Waals surface area contributed by atoms with Gasteiger partial charge in [-0.15, -0.1) is 0 Å². The first-order valence-electron chi connectivity index (χ1n) is 6.72. The quantitative estimate of drug-likeness (QED) is 0.800. The van der Waals surface area contributed by atoms with Crippen molar-refractivity contribution in [2.24, 2.45) is 11.5 Å². The van der Waals surface area contributed by atoms with Gasteiger partial charge in [-0.05, 0) is 0 Å². The second-order valence-corrected chi connectivity index (χ2v) is 5.11. The van der Waals surface area contributed by atoms with Crippen molar-refractivity contribution in [1.29, 1.82) is 0 Å². The minimum atomic E-state index is -0.522. The minimum Gasteiger partial charge on any atom is -0.354 e. The van der Waals surface area contributed by atoms with Crippen LogP contribution in [-0.2, 0) is 18.9 Å². The summed E-state index contributed by atoms with van der Waals surface area (Å²) in [7, 11) is 1.55. The summed E-state index contributed by atoms with van der Waals surface area (Å²) < 4.78 is 22.6. The fraction of sp³-hybridized carbons (Fsp3) is 0.571. The van der Waals surface area contributed by atoms with Crippen LogP contribution in [-0.4, -0.2) is 44.3 Å². The van der Waals surface area contributed by atoms with Gasteiger partial charge in [0, 0.05) is 12.7 Å². The average molecular weight is 280 g/mol. The van der Waals surface area contributed by atoms with Crippen molar-refractivity contribution in [3.8, 4) is 0 Å². The van der Waals surface area contributed by atoms with Crippen molar-refractivity contribution in [3.05, 3.63) is 35.9 Å². The van der Waals surface area contributed by atoms with Crippen molar-refractivity contribution in [1.82, 2.24) is 0 Å². The molecule has 1 aromatic rings. The maximum Gasteiger partial charge on any atom is 0.184 e. The van der Waals surface area contributed by atoms with Crippen LogP contribution >= 0.6 is 0 Å². The molecule has 0 bridgehead atoms. The second-order valence-electron chi connectivity index (χ2n) is 5.11. The number of nitrogens with two attached hydrogens (primary N) is 2. The summed E-state index contributed by atoms with van der Waals surface area (Å²) >= 11 is 0. The smallest absolute Gasteiger partial charge is 0.184 e. The Balaban J connectivity index is 1.74. The van der Waals surface area contributed by atoms with Crippen molar-refractivity contribution >= 4 is 0 Å². The van der Waals surface area contributed by atoms with Crippen LogP contribution in [0.5, 0.6) is 0 Å². The van der Waals surface area contributed by atoms with Gasteiger partial charge in [-0.3, -0.25) is 0 Å². The van der Waals surface area contributed by atoms with Crippen molar-refractivity contribution < 1.29 is 18.9 Å². The maximum atomic E-state index is 6.17. The Bertz CT molecular complexity index is 442. The molecule has 0 aromatic heterocycles. The highest BCUT2D eigenvalue weighted by Gasteiger charge is 2.47. The fourth-order valence-electron chi connectivity index (χ4n) is 2.66. The maximum absolute atomic E-state index is 6.17. The van der Waals surface area contributed by atoms with E-state index in [4.69, 9.17) is 30.4 Å². The summed E-state index contributed by atoms with van der Waals surface area (Å²) in [6, 6.07) is 8.97. The van der Waals surface area contributed by atoms with Crippen molar-refractivity contribution in [2.75, 3.05) is 13.7 Å². The Morgan fingerprint density at radius 1 is 1.10 bits per heavy atom. The lowest BCUT2D eigenvalue weighted by atomic mass is 9.94. The van der Waals surface area contributed by atoms with Gasteiger partial charge in [0.15, 0.2) is 12.6 Å². The molecule has 2 aliphatic heterocycles. The SMILES string of the molecule is CO[C@H]1O[C@@H]2COC(c3ccccc3)O[C@H]2[C@H](N)[C@H]1N. The topological polar surface area (TPSA) is 89.0 Å². The van der Waals surface area contributed by atoms with E-state index in [1.165, 1.54) is 0 Å². The Labute approximate surface area is 117 Å². The molecule has 1 aromatic carbocycles. The standard InChI is InChI=1S/C14H20N2O4/c1-17-14-11(16)10(15)12-9(19-14)7-18-13(20-12)8-5-3-2-4-6-8/h2-6,9-14H,7,15-16H2,1H3/t9-,10-,11-,12-,13?,14+/m1/s1. The van der Waals surface area contributed by atoms with Crippen molar-refractivity contribution in [2.45, 2.75) is 36.9 Å². The van der Waals surface area contributed by atoms with E-state index in [1.54, 1.807) is 7.11 Å². The second kappa shape index (κ2) is 5.77. The molecule has 0 saturated carbocycles. The van der Waals surface area contributed by atoms with E-state index in [-0.39, 0.29) is 18.2 Å². The normalized spacial score (nSPS) is 41.1. The van der Waals surface area contributed by atoms with E-state index in [0.717, 1.165) is 5.56 Å². The lowest BCUT2D eigenvalue weighted by Crippen LogP contribution is -2.67. The molecule has 6 heteroatoms. The van der Waals surface area contributed by atoms with Gasteiger partial charge in [0.1, 0.15) is 12.2 Å². The summed E-state index contributed by atoms with van der Waals surface area (Å²) in [6.45, 7) is 0.407. The monoisotopic (exact) mass is 280 g/mol. The molecule has 2 heterocycles. The van der Waals surface area contributed by atoms with Crippen molar-refractivity contribution in [3.63, 3.8) is 0 Å². The van der Waals surface area contributed by atoms with E-state index >= 15 is 0 Å². The highest BCUT2D eigenvalue weighted by atomic mass is 16.7. The lowest BCUT2D eigenvalue weighted by molar-refractivity contribution is -0.321. The van der Waals surface area contributed by atoms with Crippen LogP contribution in [0.4, 0.5) is 0 Å². The molecule has 110 valence electrons. The molecule has 0 radical (unpaired) electrons.